The predicted molar refractivity (Wildman–Crippen MR) is 81.8 cm³/mol. The largest absolute Gasteiger partial charge is 0.497 e. The average Bonchev–Trinajstić information content (AvgIpc) is 2.81. The van der Waals surface area contributed by atoms with Gasteiger partial charge in [0, 0.05) is 31.4 Å². The van der Waals surface area contributed by atoms with Gasteiger partial charge in [-0.1, -0.05) is 12.1 Å². The first-order valence-corrected chi connectivity index (χ1v) is 6.67. The third-order valence-corrected chi connectivity index (χ3v) is 3.11. The van der Waals surface area contributed by atoms with Crippen LogP contribution in [0, 0.1) is 6.92 Å². The molecule has 0 radical (unpaired) electrons. The summed E-state index contributed by atoms with van der Waals surface area (Å²) in [5.41, 5.74) is 2.89. The lowest BCUT2D eigenvalue weighted by molar-refractivity contribution is -0.116. The van der Waals surface area contributed by atoms with Crippen molar-refractivity contribution in [3.8, 4) is 5.75 Å². The Balaban J connectivity index is 1.88. The summed E-state index contributed by atoms with van der Waals surface area (Å²) in [5.74, 6) is 0.665. The second kappa shape index (κ2) is 6.74. The van der Waals surface area contributed by atoms with E-state index < -0.39 is 0 Å². The van der Waals surface area contributed by atoms with Crippen molar-refractivity contribution >= 4 is 12.0 Å². The van der Waals surface area contributed by atoms with Gasteiger partial charge in [0.15, 0.2) is 0 Å². The number of carbonyl (C=O) groups excluding carboxylic acids is 1. The molecule has 2 aromatic rings. The highest BCUT2D eigenvalue weighted by Gasteiger charge is 2.03. The maximum absolute atomic E-state index is 11.8. The Morgan fingerprint density at radius 3 is 2.67 bits per heavy atom. The zero-order chi connectivity index (χ0) is 15.2. The smallest absolute Gasteiger partial charge is 0.244 e. The summed E-state index contributed by atoms with van der Waals surface area (Å²) in [7, 11) is 3.49. The molecule has 0 saturated carbocycles. The molecule has 110 valence electrons. The number of aromatic nitrogens is 2. The van der Waals surface area contributed by atoms with Gasteiger partial charge in [0.1, 0.15) is 5.75 Å². The van der Waals surface area contributed by atoms with Crippen molar-refractivity contribution in [1.29, 1.82) is 0 Å². The maximum Gasteiger partial charge on any atom is 0.244 e. The van der Waals surface area contributed by atoms with Crippen molar-refractivity contribution in [2.45, 2.75) is 13.5 Å². The van der Waals surface area contributed by atoms with Crippen LogP contribution < -0.4 is 10.1 Å². The lowest BCUT2D eigenvalue weighted by atomic mass is 10.2. The topological polar surface area (TPSA) is 56.1 Å². The number of nitrogens with one attached hydrogen (secondary N) is 1. The Labute approximate surface area is 124 Å². The van der Waals surface area contributed by atoms with Gasteiger partial charge >= 0.3 is 0 Å². The van der Waals surface area contributed by atoms with Crippen LogP contribution in [0.15, 0.2) is 36.5 Å². The molecule has 0 aliphatic carbocycles. The number of carbonyl (C=O) groups is 1. The molecule has 0 unspecified atom stereocenters. The highest BCUT2D eigenvalue weighted by atomic mass is 16.5. The highest BCUT2D eigenvalue weighted by Crippen LogP contribution is 2.12. The van der Waals surface area contributed by atoms with Crippen LogP contribution in [0.3, 0.4) is 0 Å². The van der Waals surface area contributed by atoms with Crippen LogP contribution in [0.2, 0.25) is 0 Å². The lowest BCUT2D eigenvalue weighted by Gasteiger charge is -2.01. The first kappa shape index (κ1) is 14.8. The summed E-state index contributed by atoms with van der Waals surface area (Å²) in [6.45, 7) is 2.40. The summed E-state index contributed by atoms with van der Waals surface area (Å²) < 4.78 is 6.82. The van der Waals surface area contributed by atoms with Gasteiger partial charge in [0.05, 0.1) is 12.8 Å². The lowest BCUT2D eigenvalue weighted by Crippen LogP contribution is -2.20. The molecule has 5 heteroatoms. The Bertz CT molecular complexity index is 642. The SMILES string of the molecule is COc1ccc(/C=C/C(=O)NCc2cn(C)nc2C)cc1. The molecule has 0 fully saturated rings. The number of aryl methyl sites for hydroxylation is 2. The van der Waals surface area contributed by atoms with Gasteiger partial charge in [-0.05, 0) is 30.7 Å². The molecule has 21 heavy (non-hydrogen) atoms. The van der Waals surface area contributed by atoms with Crippen molar-refractivity contribution < 1.29 is 9.53 Å². The Morgan fingerprint density at radius 1 is 1.38 bits per heavy atom. The van der Waals surface area contributed by atoms with Crippen LogP contribution >= 0.6 is 0 Å². The van der Waals surface area contributed by atoms with Gasteiger partial charge in [0.25, 0.3) is 0 Å². The van der Waals surface area contributed by atoms with E-state index in [9.17, 15) is 4.79 Å². The molecule has 0 aliphatic heterocycles. The minimum absolute atomic E-state index is 0.130. The van der Waals surface area contributed by atoms with Crippen LogP contribution in [0.4, 0.5) is 0 Å². The van der Waals surface area contributed by atoms with Crippen molar-refractivity contribution in [3.05, 3.63) is 53.4 Å². The molecule has 1 aromatic heterocycles. The first-order valence-electron chi connectivity index (χ1n) is 6.67. The fraction of sp³-hybridized carbons (Fsp3) is 0.250. The van der Waals surface area contributed by atoms with E-state index in [1.807, 2.05) is 44.4 Å². The Morgan fingerprint density at radius 2 is 2.10 bits per heavy atom. The summed E-state index contributed by atoms with van der Waals surface area (Å²) >= 11 is 0. The zero-order valence-corrected chi connectivity index (χ0v) is 12.5. The molecule has 0 spiro atoms. The zero-order valence-electron chi connectivity index (χ0n) is 12.5. The number of nitrogens with zero attached hydrogens (tertiary/aromatic N) is 2. The number of amides is 1. The number of hydrogen-bond donors (Lipinski definition) is 1. The van der Waals surface area contributed by atoms with Crippen molar-refractivity contribution in [1.82, 2.24) is 15.1 Å². The number of ether oxygens (including phenoxy) is 1. The maximum atomic E-state index is 11.8. The molecule has 2 rings (SSSR count). The second-order valence-corrected chi connectivity index (χ2v) is 4.74. The van der Waals surface area contributed by atoms with Gasteiger partial charge in [-0.2, -0.15) is 5.10 Å². The molecule has 1 heterocycles. The minimum Gasteiger partial charge on any atom is -0.497 e. The monoisotopic (exact) mass is 285 g/mol. The molecule has 0 aliphatic rings. The van der Waals surface area contributed by atoms with Crippen LogP contribution in [-0.4, -0.2) is 22.8 Å². The summed E-state index contributed by atoms with van der Waals surface area (Å²) in [6, 6.07) is 7.51. The van der Waals surface area contributed by atoms with Crippen LogP contribution in [0.5, 0.6) is 5.75 Å². The standard InChI is InChI=1S/C16H19N3O2/c1-12-14(11-19(2)18-12)10-17-16(20)9-6-13-4-7-15(21-3)8-5-13/h4-9,11H,10H2,1-3H3,(H,17,20)/b9-6+. The molecule has 1 amide bonds. The molecular weight excluding hydrogens is 266 g/mol. The molecule has 0 saturated heterocycles. The quantitative estimate of drug-likeness (QED) is 0.856. The van der Waals surface area contributed by atoms with E-state index in [4.69, 9.17) is 4.74 Å². The van der Waals surface area contributed by atoms with E-state index in [-0.39, 0.29) is 5.91 Å². The molecule has 1 N–H and O–H groups in total. The second-order valence-electron chi connectivity index (χ2n) is 4.74. The molecular formula is C16H19N3O2. The van der Waals surface area contributed by atoms with Gasteiger partial charge in [-0.3, -0.25) is 9.48 Å². The average molecular weight is 285 g/mol. The Hall–Kier alpha value is -2.56. The van der Waals surface area contributed by atoms with Crippen molar-refractivity contribution in [2.75, 3.05) is 7.11 Å². The Kier molecular flexibility index (Phi) is 4.77. The van der Waals surface area contributed by atoms with Crippen molar-refractivity contribution in [3.63, 3.8) is 0 Å². The number of methoxy groups -OCH3 is 1. The summed E-state index contributed by atoms with van der Waals surface area (Å²) in [4.78, 5) is 11.8. The third kappa shape index (κ3) is 4.21. The minimum atomic E-state index is -0.130. The first-order chi connectivity index (χ1) is 10.1. The van der Waals surface area contributed by atoms with Gasteiger partial charge in [0.2, 0.25) is 5.91 Å². The summed E-state index contributed by atoms with van der Waals surface area (Å²) in [5, 5.41) is 7.08. The fourth-order valence-corrected chi connectivity index (χ4v) is 1.95. The molecule has 5 nitrogen and oxygen atoms in total. The molecule has 1 aromatic carbocycles. The highest BCUT2D eigenvalue weighted by molar-refractivity contribution is 5.91. The number of rotatable bonds is 5. The van der Waals surface area contributed by atoms with E-state index in [1.165, 1.54) is 6.08 Å². The predicted octanol–water partition coefficient (Wildman–Crippen LogP) is 2.07. The summed E-state index contributed by atoms with van der Waals surface area (Å²) in [6.07, 6.45) is 5.20. The number of hydrogen-bond acceptors (Lipinski definition) is 3. The van der Waals surface area contributed by atoms with E-state index in [2.05, 4.69) is 10.4 Å². The van der Waals surface area contributed by atoms with Crippen LogP contribution in [0.25, 0.3) is 6.08 Å². The third-order valence-electron chi connectivity index (χ3n) is 3.11. The number of benzene rings is 1. The van der Waals surface area contributed by atoms with E-state index >= 15 is 0 Å². The van der Waals surface area contributed by atoms with Crippen LogP contribution in [-0.2, 0) is 18.4 Å². The van der Waals surface area contributed by atoms with E-state index in [0.717, 1.165) is 22.6 Å². The van der Waals surface area contributed by atoms with Crippen LogP contribution in [0.1, 0.15) is 16.8 Å². The van der Waals surface area contributed by atoms with E-state index in [1.54, 1.807) is 17.9 Å². The van der Waals surface area contributed by atoms with Gasteiger partial charge in [-0.15, -0.1) is 0 Å². The molecule has 0 bridgehead atoms. The van der Waals surface area contributed by atoms with Gasteiger partial charge in [-0.25, -0.2) is 0 Å². The fourth-order valence-electron chi connectivity index (χ4n) is 1.95. The van der Waals surface area contributed by atoms with Gasteiger partial charge < -0.3 is 10.1 Å². The molecule has 0 atom stereocenters. The normalized spacial score (nSPS) is 10.8. The van der Waals surface area contributed by atoms with Crippen molar-refractivity contribution in [2.24, 2.45) is 7.05 Å². The van der Waals surface area contributed by atoms with E-state index in [0.29, 0.717) is 6.54 Å².